The van der Waals surface area contributed by atoms with E-state index < -0.39 is 18.1 Å². The van der Waals surface area contributed by atoms with Gasteiger partial charge in [0.15, 0.2) is 0 Å². The van der Waals surface area contributed by atoms with Crippen molar-refractivity contribution in [1.82, 2.24) is 4.90 Å². The van der Waals surface area contributed by atoms with E-state index in [1.807, 2.05) is 49.4 Å². The molecule has 2 aromatic rings. The number of nitrogens with zero attached hydrogens (tertiary/aromatic N) is 2. The number of carbonyl (C=O) groups is 2. The Morgan fingerprint density at radius 1 is 1.11 bits per heavy atom. The van der Waals surface area contributed by atoms with Gasteiger partial charge in [-0.2, -0.15) is 0 Å². The van der Waals surface area contributed by atoms with Gasteiger partial charge in [-0.25, -0.2) is 14.8 Å². The summed E-state index contributed by atoms with van der Waals surface area (Å²) in [6.07, 6.45) is -1.00. The Labute approximate surface area is 162 Å². The van der Waals surface area contributed by atoms with Crippen LogP contribution < -0.4 is 5.06 Å². The Morgan fingerprint density at radius 3 is 2.44 bits per heavy atom. The van der Waals surface area contributed by atoms with Gasteiger partial charge < -0.3 is 4.74 Å². The number of hydroxylamine groups is 1. The number of hydrogen-bond acceptors (Lipinski definition) is 5. The third-order valence-corrected chi connectivity index (χ3v) is 5.16. The number of rotatable bonds is 3. The lowest BCUT2D eigenvalue weighted by molar-refractivity contribution is -0.133. The van der Waals surface area contributed by atoms with Crippen molar-refractivity contribution in [2.45, 2.75) is 19.1 Å². The minimum atomic E-state index is -0.594. The second-order valence-corrected chi connectivity index (χ2v) is 7.03. The van der Waals surface area contributed by atoms with Crippen LogP contribution in [0.15, 0.2) is 54.6 Å². The van der Waals surface area contributed by atoms with E-state index in [9.17, 15) is 9.59 Å². The minimum absolute atomic E-state index is 0.226. The molecule has 0 bridgehead atoms. The number of cyclic esters (lactones) is 1. The molecule has 7 heteroatoms. The molecule has 0 N–H and O–H groups in total. The summed E-state index contributed by atoms with van der Waals surface area (Å²) in [5.41, 5.74) is 1.72. The maximum atomic E-state index is 13.2. The molecule has 2 heterocycles. The average Bonchev–Trinajstić information content (AvgIpc) is 3.26. The zero-order valence-corrected chi connectivity index (χ0v) is 15.5. The minimum Gasteiger partial charge on any atom is -0.447 e. The van der Waals surface area contributed by atoms with E-state index in [4.69, 9.17) is 21.2 Å². The summed E-state index contributed by atoms with van der Waals surface area (Å²) in [7, 11) is 0. The first kappa shape index (κ1) is 17.8. The van der Waals surface area contributed by atoms with Crippen molar-refractivity contribution in [3.63, 3.8) is 0 Å². The van der Waals surface area contributed by atoms with Crippen molar-refractivity contribution in [3.05, 3.63) is 65.2 Å². The van der Waals surface area contributed by atoms with E-state index in [0.717, 1.165) is 11.3 Å². The predicted molar refractivity (Wildman–Crippen MR) is 100 cm³/mol. The van der Waals surface area contributed by atoms with Crippen LogP contribution in [0.5, 0.6) is 0 Å². The highest BCUT2D eigenvalue weighted by atomic mass is 35.5. The second-order valence-electron chi connectivity index (χ2n) is 6.60. The molecule has 0 aromatic heterocycles. The van der Waals surface area contributed by atoms with Crippen molar-refractivity contribution in [1.29, 1.82) is 0 Å². The normalized spacial score (nSPS) is 25.0. The molecule has 3 atom stereocenters. The standard InChI is InChI=1S/C20H19ClN2O4/c1-13-17(19(24)22-11-12-26-20(22)25)18(14-5-3-2-4-6-14)23(27-13)16-9-7-15(21)8-10-16/h2-10,13,17-18H,11-12H2,1H3/t13-,17-,18-/m0/s1. The van der Waals surface area contributed by atoms with Crippen molar-refractivity contribution < 1.29 is 19.2 Å². The Balaban J connectivity index is 1.74. The number of hydrogen-bond donors (Lipinski definition) is 0. The zero-order valence-electron chi connectivity index (χ0n) is 14.7. The van der Waals surface area contributed by atoms with Crippen LogP contribution in [0.2, 0.25) is 5.02 Å². The Bertz CT molecular complexity index is 843. The third kappa shape index (κ3) is 3.26. The second kappa shape index (κ2) is 7.21. The van der Waals surface area contributed by atoms with Gasteiger partial charge in [0.05, 0.1) is 30.3 Å². The number of benzene rings is 2. The highest BCUT2D eigenvalue weighted by molar-refractivity contribution is 6.30. The summed E-state index contributed by atoms with van der Waals surface area (Å²) >= 11 is 6.01. The molecule has 27 heavy (non-hydrogen) atoms. The maximum absolute atomic E-state index is 13.2. The summed E-state index contributed by atoms with van der Waals surface area (Å²) in [6.45, 7) is 2.34. The van der Waals surface area contributed by atoms with Crippen LogP contribution in [0.1, 0.15) is 18.5 Å². The van der Waals surface area contributed by atoms with Crippen molar-refractivity contribution in [3.8, 4) is 0 Å². The van der Waals surface area contributed by atoms with Crippen LogP contribution in [-0.2, 0) is 14.4 Å². The first-order chi connectivity index (χ1) is 13.1. The van der Waals surface area contributed by atoms with E-state index in [1.165, 1.54) is 4.90 Å². The molecule has 2 amide bonds. The van der Waals surface area contributed by atoms with Gasteiger partial charge in [-0.15, -0.1) is 0 Å². The number of anilines is 1. The molecule has 0 radical (unpaired) electrons. The van der Waals surface area contributed by atoms with Crippen molar-refractivity contribution in [2.75, 3.05) is 18.2 Å². The van der Waals surface area contributed by atoms with Crippen molar-refractivity contribution in [2.24, 2.45) is 5.92 Å². The molecule has 2 saturated heterocycles. The quantitative estimate of drug-likeness (QED) is 0.802. The topological polar surface area (TPSA) is 59.1 Å². The lowest BCUT2D eigenvalue weighted by Crippen LogP contribution is -2.41. The summed E-state index contributed by atoms with van der Waals surface area (Å²) in [4.78, 5) is 32.4. The number of carbonyl (C=O) groups excluding carboxylic acids is 2. The van der Waals surface area contributed by atoms with Crippen LogP contribution in [0, 0.1) is 5.92 Å². The van der Waals surface area contributed by atoms with Gasteiger partial charge in [-0.3, -0.25) is 9.63 Å². The highest BCUT2D eigenvalue weighted by Gasteiger charge is 2.49. The summed E-state index contributed by atoms with van der Waals surface area (Å²) in [6, 6.07) is 16.6. The van der Waals surface area contributed by atoms with Gasteiger partial charge in [-0.1, -0.05) is 41.9 Å². The van der Waals surface area contributed by atoms with Gasteiger partial charge in [0.2, 0.25) is 5.91 Å². The van der Waals surface area contributed by atoms with Gasteiger partial charge in [-0.05, 0) is 36.8 Å². The molecule has 2 aliphatic heterocycles. The monoisotopic (exact) mass is 386 g/mol. The number of ether oxygens (including phenoxy) is 1. The number of imide groups is 1. The van der Waals surface area contributed by atoms with Gasteiger partial charge in [0.25, 0.3) is 0 Å². The third-order valence-electron chi connectivity index (χ3n) is 4.91. The van der Waals surface area contributed by atoms with E-state index in [-0.39, 0.29) is 25.1 Å². The Kier molecular flexibility index (Phi) is 4.76. The fourth-order valence-electron chi connectivity index (χ4n) is 3.62. The fraction of sp³-hybridized carbons (Fsp3) is 0.300. The van der Waals surface area contributed by atoms with Crippen LogP contribution in [0.25, 0.3) is 0 Å². The number of amides is 2. The Hall–Kier alpha value is -2.57. The highest BCUT2D eigenvalue weighted by Crippen LogP contribution is 2.43. The molecule has 6 nitrogen and oxygen atoms in total. The maximum Gasteiger partial charge on any atom is 0.416 e. The van der Waals surface area contributed by atoms with Gasteiger partial charge >= 0.3 is 6.09 Å². The molecule has 0 aliphatic carbocycles. The molecule has 2 fully saturated rings. The zero-order chi connectivity index (χ0) is 19.0. The molecule has 4 rings (SSSR count). The molecule has 0 saturated carbocycles. The molecule has 2 aromatic carbocycles. The molecule has 140 valence electrons. The van der Waals surface area contributed by atoms with Crippen molar-refractivity contribution >= 4 is 29.3 Å². The summed E-state index contributed by atoms with van der Waals surface area (Å²) in [5, 5.41) is 2.36. The molecule has 0 spiro atoms. The molecular formula is C20H19ClN2O4. The largest absolute Gasteiger partial charge is 0.447 e. The van der Waals surface area contributed by atoms with Gasteiger partial charge in [0.1, 0.15) is 6.61 Å². The average molecular weight is 387 g/mol. The van der Waals surface area contributed by atoms with E-state index >= 15 is 0 Å². The van der Waals surface area contributed by atoms with Crippen LogP contribution in [-0.4, -0.2) is 36.2 Å². The van der Waals surface area contributed by atoms with E-state index in [1.54, 1.807) is 17.2 Å². The van der Waals surface area contributed by atoms with E-state index in [2.05, 4.69) is 0 Å². The molecule has 2 aliphatic rings. The predicted octanol–water partition coefficient (Wildman–Crippen LogP) is 3.82. The summed E-state index contributed by atoms with van der Waals surface area (Å²) < 4.78 is 4.94. The smallest absolute Gasteiger partial charge is 0.416 e. The van der Waals surface area contributed by atoms with Crippen LogP contribution in [0.3, 0.4) is 0 Å². The summed E-state index contributed by atoms with van der Waals surface area (Å²) in [5.74, 6) is -0.830. The first-order valence-corrected chi connectivity index (χ1v) is 9.18. The lowest BCUT2D eigenvalue weighted by atomic mass is 9.88. The van der Waals surface area contributed by atoms with E-state index in [0.29, 0.717) is 5.02 Å². The molecule has 0 unspecified atom stereocenters. The first-order valence-electron chi connectivity index (χ1n) is 8.81. The van der Waals surface area contributed by atoms with Crippen LogP contribution in [0.4, 0.5) is 10.5 Å². The lowest BCUT2D eigenvalue weighted by Gasteiger charge is -2.28. The van der Waals surface area contributed by atoms with Gasteiger partial charge in [0, 0.05) is 5.02 Å². The fourth-order valence-corrected chi connectivity index (χ4v) is 3.75. The molecular weight excluding hydrogens is 368 g/mol. The SMILES string of the molecule is C[C@@H]1ON(c2ccc(Cl)cc2)[C@@H](c2ccccc2)[C@H]1C(=O)N1CCOC1=O. The van der Waals surface area contributed by atoms with Crippen LogP contribution >= 0.6 is 11.6 Å². The Morgan fingerprint density at radius 2 is 1.81 bits per heavy atom. The number of halogens is 1.